The molecule has 0 unspecified atom stereocenters. The van der Waals surface area contributed by atoms with Crippen molar-refractivity contribution in [2.75, 3.05) is 32.8 Å². The SMILES string of the molecule is Cc1cc2oc(=O)cc(C[NH+]3CC[NH+](Cc4ccc5c(c4)CCO5)CC3)c2cc1C. The molecule has 2 N–H and O–H groups in total. The number of ether oxygens (including phenoxy) is 1. The summed E-state index contributed by atoms with van der Waals surface area (Å²) in [5, 5.41) is 1.08. The van der Waals surface area contributed by atoms with Gasteiger partial charge in [-0.2, -0.15) is 0 Å². The lowest BCUT2D eigenvalue weighted by Gasteiger charge is -2.30. The van der Waals surface area contributed by atoms with E-state index in [9.17, 15) is 4.79 Å². The van der Waals surface area contributed by atoms with Crippen LogP contribution in [-0.2, 0) is 19.5 Å². The normalized spacial score (nSPS) is 20.9. The van der Waals surface area contributed by atoms with Gasteiger partial charge in [0.05, 0.1) is 6.61 Å². The van der Waals surface area contributed by atoms with Crippen molar-refractivity contribution in [1.29, 1.82) is 0 Å². The van der Waals surface area contributed by atoms with Gasteiger partial charge in [-0.05, 0) is 60.9 Å². The molecule has 5 nitrogen and oxygen atoms in total. The van der Waals surface area contributed by atoms with Gasteiger partial charge in [-0.1, -0.05) is 0 Å². The molecule has 5 heteroatoms. The molecule has 2 aliphatic heterocycles. The minimum atomic E-state index is -0.245. The highest BCUT2D eigenvalue weighted by Crippen LogP contribution is 2.25. The van der Waals surface area contributed by atoms with Gasteiger partial charge in [-0.3, -0.25) is 0 Å². The van der Waals surface area contributed by atoms with Crippen LogP contribution in [-0.4, -0.2) is 32.8 Å². The highest BCUT2D eigenvalue weighted by atomic mass is 16.5. The minimum Gasteiger partial charge on any atom is -0.493 e. The van der Waals surface area contributed by atoms with Crippen molar-refractivity contribution in [3.8, 4) is 5.75 Å². The third kappa shape index (κ3) is 3.87. The molecule has 2 aliphatic rings. The Labute approximate surface area is 176 Å². The van der Waals surface area contributed by atoms with Crippen LogP contribution in [0.2, 0.25) is 0 Å². The van der Waals surface area contributed by atoms with E-state index in [2.05, 4.69) is 38.1 Å². The van der Waals surface area contributed by atoms with Crippen LogP contribution in [0.3, 0.4) is 0 Å². The maximum absolute atomic E-state index is 12.1. The molecular formula is C25H30N2O3+2. The molecule has 0 radical (unpaired) electrons. The maximum Gasteiger partial charge on any atom is 0.336 e. The first-order valence-corrected chi connectivity index (χ1v) is 11.0. The highest BCUT2D eigenvalue weighted by molar-refractivity contribution is 5.81. The molecule has 30 heavy (non-hydrogen) atoms. The van der Waals surface area contributed by atoms with E-state index in [0.29, 0.717) is 5.58 Å². The average Bonchev–Trinajstić information content (AvgIpc) is 3.19. The maximum atomic E-state index is 12.1. The number of piperazine rings is 1. The largest absolute Gasteiger partial charge is 0.493 e. The lowest BCUT2D eigenvalue weighted by molar-refractivity contribution is -1.02. The summed E-state index contributed by atoms with van der Waals surface area (Å²) in [6.45, 7) is 11.5. The fourth-order valence-electron chi connectivity index (χ4n) is 4.85. The zero-order valence-electron chi connectivity index (χ0n) is 17.8. The zero-order chi connectivity index (χ0) is 20.7. The molecule has 5 rings (SSSR count). The summed E-state index contributed by atoms with van der Waals surface area (Å²) in [5.74, 6) is 1.06. The van der Waals surface area contributed by atoms with Gasteiger partial charge in [0.2, 0.25) is 0 Å². The molecule has 1 fully saturated rings. The first kappa shape index (κ1) is 19.3. The van der Waals surface area contributed by atoms with Crippen molar-refractivity contribution in [3.63, 3.8) is 0 Å². The van der Waals surface area contributed by atoms with Crippen LogP contribution >= 0.6 is 0 Å². The topological polar surface area (TPSA) is 48.3 Å². The van der Waals surface area contributed by atoms with Gasteiger partial charge in [0.25, 0.3) is 0 Å². The van der Waals surface area contributed by atoms with Gasteiger partial charge >= 0.3 is 5.63 Å². The van der Waals surface area contributed by atoms with E-state index in [-0.39, 0.29) is 5.63 Å². The molecule has 1 aromatic heterocycles. The molecule has 1 saturated heterocycles. The van der Waals surface area contributed by atoms with Gasteiger partial charge in [0.15, 0.2) is 0 Å². The van der Waals surface area contributed by atoms with Crippen molar-refractivity contribution in [2.24, 2.45) is 0 Å². The van der Waals surface area contributed by atoms with Crippen molar-refractivity contribution in [1.82, 2.24) is 0 Å². The quantitative estimate of drug-likeness (QED) is 0.631. The molecule has 3 aromatic rings. The number of benzene rings is 2. The Balaban J connectivity index is 1.25. The fraction of sp³-hybridized carbons (Fsp3) is 0.400. The van der Waals surface area contributed by atoms with Crippen LogP contribution in [0.1, 0.15) is 27.8 Å². The van der Waals surface area contributed by atoms with Crippen LogP contribution in [0, 0.1) is 13.8 Å². The molecule has 3 heterocycles. The molecule has 2 aromatic carbocycles. The van der Waals surface area contributed by atoms with Gasteiger partial charge in [0.1, 0.15) is 50.6 Å². The second kappa shape index (κ2) is 7.89. The summed E-state index contributed by atoms with van der Waals surface area (Å²) in [4.78, 5) is 15.3. The molecule has 0 spiro atoms. The number of quaternary nitrogens is 2. The number of nitrogens with one attached hydrogen (secondary N) is 2. The number of fused-ring (bicyclic) bond motifs is 2. The molecule has 0 bridgehead atoms. The molecule has 0 aliphatic carbocycles. The summed E-state index contributed by atoms with van der Waals surface area (Å²) in [6.07, 6.45) is 1.04. The zero-order valence-corrected chi connectivity index (χ0v) is 17.8. The van der Waals surface area contributed by atoms with E-state index in [1.807, 2.05) is 6.07 Å². The summed E-state index contributed by atoms with van der Waals surface area (Å²) in [7, 11) is 0. The predicted molar refractivity (Wildman–Crippen MR) is 116 cm³/mol. The molecule has 156 valence electrons. The van der Waals surface area contributed by atoms with Crippen LogP contribution in [0.15, 0.2) is 45.6 Å². The first-order chi connectivity index (χ1) is 14.5. The summed E-state index contributed by atoms with van der Waals surface area (Å²) >= 11 is 0. The molecule has 0 atom stereocenters. The Morgan fingerprint density at radius 3 is 2.43 bits per heavy atom. The molecule has 0 saturated carbocycles. The number of rotatable bonds is 4. The first-order valence-electron chi connectivity index (χ1n) is 11.0. The van der Waals surface area contributed by atoms with E-state index in [1.165, 1.54) is 16.7 Å². The summed E-state index contributed by atoms with van der Waals surface area (Å²) in [5.41, 5.74) is 6.75. The van der Waals surface area contributed by atoms with Crippen LogP contribution in [0.5, 0.6) is 5.75 Å². The number of hydrogen-bond acceptors (Lipinski definition) is 3. The standard InChI is InChI=1S/C25H28N2O3/c1-17-11-22-21(14-25(28)30-24(22)12-18(17)2)16-27-8-6-26(7-9-27)15-19-3-4-23-20(13-19)5-10-29-23/h3-4,11-14H,5-10,15-16H2,1-2H3/p+2. The Bertz CT molecular complexity index is 1140. The van der Waals surface area contributed by atoms with Crippen molar-refractivity contribution < 1.29 is 19.0 Å². The second-order valence-electron chi connectivity index (χ2n) is 8.92. The number of hydrogen-bond donors (Lipinski definition) is 2. The van der Waals surface area contributed by atoms with E-state index in [0.717, 1.165) is 74.6 Å². The van der Waals surface area contributed by atoms with E-state index in [4.69, 9.17) is 9.15 Å². The second-order valence-corrected chi connectivity index (χ2v) is 8.92. The average molecular weight is 407 g/mol. The van der Waals surface area contributed by atoms with Crippen molar-refractivity contribution >= 4 is 11.0 Å². The van der Waals surface area contributed by atoms with Crippen LogP contribution in [0.4, 0.5) is 0 Å². The Morgan fingerprint density at radius 2 is 1.63 bits per heavy atom. The van der Waals surface area contributed by atoms with Crippen molar-refractivity contribution in [3.05, 3.63) is 74.6 Å². The third-order valence-electron chi connectivity index (χ3n) is 6.76. The van der Waals surface area contributed by atoms with Gasteiger partial charge in [-0.25, -0.2) is 4.79 Å². The minimum absolute atomic E-state index is 0.245. The summed E-state index contributed by atoms with van der Waals surface area (Å²) < 4.78 is 11.1. The Kier molecular flexibility index (Phi) is 5.09. The fourth-order valence-corrected chi connectivity index (χ4v) is 4.85. The van der Waals surface area contributed by atoms with E-state index < -0.39 is 0 Å². The third-order valence-corrected chi connectivity index (χ3v) is 6.76. The molecule has 0 amide bonds. The lowest BCUT2D eigenvalue weighted by Crippen LogP contribution is -3.27. The highest BCUT2D eigenvalue weighted by Gasteiger charge is 2.25. The van der Waals surface area contributed by atoms with Crippen LogP contribution in [0.25, 0.3) is 11.0 Å². The Hall–Kier alpha value is -2.63. The monoisotopic (exact) mass is 406 g/mol. The van der Waals surface area contributed by atoms with E-state index >= 15 is 0 Å². The summed E-state index contributed by atoms with van der Waals surface area (Å²) in [6, 6.07) is 12.5. The number of aryl methyl sites for hydroxylation is 2. The lowest BCUT2D eigenvalue weighted by atomic mass is 10.0. The predicted octanol–water partition coefficient (Wildman–Crippen LogP) is 0.828. The Morgan fingerprint density at radius 1 is 0.900 bits per heavy atom. The van der Waals surface area contributed by atoms with Crippen molar-refractivity contribution in [2.45, 2.75) is 33.4 Å². The smallest absolute Gasteiger partial charge is 0.336 e. The van der Waals surface area contributed by atoms with Gasteiger partial charge < -0.3 is 19.0 Å². The van der Waals surface area contributed by atoms with E-state index in [1.54, 1.807) is 15.9 Å². The molecular weight excluding hydrogens is 376 g/mol. The van der Waals surface area contributed by atoms with Crippen LogP contribution < -0.4 is 20.2 Å². The van der Waals surface area contributed by atoms with Gasteiger partial charge in [-0.15, -0.1) is 0 Å². The van der Waals surface area contributed by atoms with Gasteiger partial charge in [0, 0.05) is 29.0 Å².